The van der Waals surface area contributed by atoms with Gasteiger partial charge in [-0.2, -0.15) is 0 Å². The van der Waals surface area contributed by atoms with E-state index >= 15 is 0 Å². The van der Waals surface area contributed by atoms with Crippen LogP contribution in [0, 0.1) is 5.92 Å². The van der Waals surface area contributed by atoms with E-state index in [4.69, 9.17) is 0 Å². The van der Waals surface area contributed by atoms with E-state index in [-0.39, 0.29) is 24.1 Å². The number of carbonyl (C=O) groups is 3. The number of hydrogen-bond acceptors (Lipinski definition) is 5. The number of piperidine rings is 2. The molecule has 3 saturated heterocycles. The van der Waals surface area contributed by atoms with Gasteiger partial charge in [0, 0.05) is 31.1 Å². The smallest absolute Gasteiger partial charge is 0.255 e. The minimum atomic E-state index is -0.550. The van der Waals surface area contributed by atoms with Gasteiger partial charge in [0.25, 0.3) is 5.91 Å². The summed E-state index contributed by atoms with van der Waals surface area (Å²) in [6, 6.07) is 6.26. The first-order chi connectivity index (χ1) is 15.6. The molecule has 1 aromatic carbocycles. The zero-order chi connectivity index (χ0) is 22.1. The van der Waals surface area contributed by atoms with Crippen molar-refractivity contribution in [3.8, 4) is 0 Å². The van der Waals surface area contributed by atoms with Crippen LogP contribution >= 0.6 is 0 Å². The number of hydrogen-bond donors (Lipinski definition) is 2. The maximum atomic E-state index is 13.3. The van der Waals surface area contributed by atoms with E-state index in [0.29, 0.717) is 13.0 Å². The Morgan fingerprint density at radius 1 is 1.00 bits per heavy atom. The van der Waals surface area contributed by atoms with Gasteiger partial charge in [0.15, 0.2) is 0 Å². The lowest BCUT2D eigenvalue weighted by atomic mass is 9.90. The van der Waals surface area contributed by atoms with Gasteiger partial charge in [-0.05, 0) is 81.6 Å². The first-order valence-electron chi connectivity index (χ1n) is 12.3. The molecule has 0 aliphatic carbocycles. The molecule has 172 valence electrons. The summed E-state index contributed by atoms with van der Waals surface area (Å²) in [4.78, 5) is 41.2. The Morgan fingerprint density at radius 2 is 1.84 bits per heavy atom. The van der Waals surface area contributed by atoms with E-state index in [2.05, 4.69) is 21.6 Å². The Kier molecular flexibility index (Phi) is 6.28. The highest BCUT2D eigenvalue weighted by Crippen LogP contribution is 2.31. The normalized spacial score (nSPS) is 27.1. The molecule has 0 saturated carbocycles. The van der Waals surface area contributed by atoms with Crippen LogP contribution in [0.1, 0.15) is 72.9 Å². The van der Waals surface area contributed by atoms with Gasteiger partial charge in [-0.15, -0.1) is 0 Å². The van der Waals surface area contributed by atoms with Gasteiger partial charge >= 0.3 is 0 Å². The maximum absolute atomic E-state index is 13.3. The lowest BCUT2D eigenvalue weighted by Crippen LogP contribution is -2.52. The lowest BCUT2D eigenvalue weighted by Gasteiger charge is -2.33. The molecule has 0 radical (unpaired) electrons. The quantitative estimate of drug-likeness (QED) is 0.666. The number of likely N-dealkylation sites (tertiary alicyclic amines) is 1. The Balaban J connectivity index is 1.18. The standard InChI is InChI=1S/C25H34N4O3/c30-22-9-8-21(24(31)27-22)29-16-19-4-1-3-18(23(19)25(29)32)15-28-13-10-17(11-14-28)6-7-20-5-2-12-26-20/h1,3-4,17,20-21,26H,2,5-16H2,(H,27,30,31)/t20-,21?/m0/s1. The van der Waals surface area contributed by atoms with Crippen LogP contribution in [0.3, 0.4) is 0 Å². The van der Waals surface area contributed by atoms with E-state index in [9.17, 15) is 14.4 Å². The summed E-state index contributed by atoms with van der Waals surface area (Å²) in [5, 5.41) is 5.99. The molecule has 7 heteroatoms. The molecule has 4 aliphatic rings. The third-order valence-corrected chi connectivity index (χ3v) is 7.83. The summed E-state index contributed by atoms with van der Waals surface area (Å²) >= 11 is 0. The van der Waals surface area contributed by atoms with Crippen LogP contribution in [0.4, 0.5) is 0 Å². The zero-order valence-corrected chi connectivity index (χ0v) is 18.8. The second kappa shape index (κ2) is 9.32. The van der Waals surface area contributed by atoms with Crippen molar-refractivity contribution in [2.45, 2.75) is 76.5 Å². The first-order valence-corrected chi connectivity index (χ1v) is 12.3. The number of nitrogens with one attached hydrogen (secondary N) is 2. The molecule has 1 unspecified atom stereocenters. The number of imide groups is 1. The summed E-state index contributed by atoms with van der Waals surface area (Å²) < 4.78 is 0. The van der Waals surface area contributed by atoms with Crippen LogP contribution in [0.25, 0.3) is 0 Å². The van der Waals surface area contributed by atoms with Crippen LogP contribution in [0.5, 0.6) is 0 Å². The van der Waals surface area contributed by atoms with Crippen molar-refractivity contribution in [1.82, 2.24) is 20.4 Å². The van der Waals surface area contributed by atoms with E-state index in [1.807, 2.05) is 12.1 Å². The third kappa shape index (κ3) is 4.46. The number of fused-ring (bicyclic) bond motifs is 1. The third-order valence-electron chi connectivity index (χ3n) is 7.83. The van der Waals surface area contributed by atoms with Crippen LogP contribution in [0.15, 0.2) is 18.2 Å². The second-order valence-corrected chi connectivity index (χ2v) is 9.94. The number of benzene rings is 1. The molecular formula is C25H34N4O3. The van der Waals surface area contributed by atoms with Crippen LogP contribution in [-0.4, -0.2) is 59.2 Å². The molecule has 32 heavy (non-hydrogen) atoms. The van der Waals surface area contributed by atoms with Crippen molar-refractivity contribution in [2.24, 2.45) is 5.92 Å². The van der Waals surface area contributed by atoms with Crippen molar-refractivity contribution >= 4 is 17.7 Å². The van der Waals surface area contributed by atoms with Gasteiger partial charge in [-0.25, -0.2) is 0 Å². The minimum absolute atomic E-state index is 0.0657. The highest BCUT2D eigenvalue weighted by Gasteiger charge is 2.40. The fourth-order valence-electron chi connectivity index (χ4n) is 5.94. The minimum Gasteiger partial charge on any atom is -0.322 e. The molecular weight excluding hydrogens is 404 g/mol. The number of carbonyl (C=O) groups excluding carboxylic acids is 3. The summed E-state index contributed by atoms with van der Waals surface area (Å²) in [5.41, 5.74) is 2.83. The average molecular weight is 439 g/mol. The van der Waals surface area contributed by atoms with Crippen LogP contribution in [-0.2, 0) is 22.7 Å². The van der Waals surface area contributed by atoms with Gasteiger partial charge in [0.2, 0.25) is 11.8 Å². The topological polar surface area (TPSA) is 81.8 Å². The molecule has 0 spiro atoms. The molecule has 1 aromatic rings. The summed E-state index contributed by atoms with van der Waals surface area (Å²) in [6.45, 7) is 4.58. The molecule has 7 nitrogen and oxygen atoms in total. The van der Waals surface area contributed by atoms with Crippen molar-refractivity contribution in [3.05, 3.63) is 34.9 Å². The summed E-state index contributed by atoms with van der Waals surface area (Å²) in [6.07, 6.45) is 8.45. The molecule has 2 atom stereocenters. The van der Waals surface area contributed by atoms with Crippen molar-refractivity contribution < 1.29 is 14.4 Å². The molecule has 3 fully saturated rings. The predicted molar refractivity (Wildman–Crippen MR) is 121 cm³/mol. The Labute approximate surface area is 189 Å². The summed E-state index contributed by atoms with van der Waals surface area (Å²) in [5.74, 6) is 0.154. The Hall–Kier alpha value is -2.25. The monoisotopic (exact) mass is 438 g/mol. The predicted octanol–water partition coefficient (Wildman–Crippen LogP) is 2.19. The largest absolute Gasteiger partial charge is 0.322 e. The van der Waals surface area contributed by atoms with Crippen LogP contribution in [0.2, 0.25) is 0 Å². The van der Waals surface area contributed by atoms with E-state index in [1.54, 1.807) is 4.90 Å². The molecule has 5 rings (SSSR count). The highest BCUT2D eigenvalue weighted by atomic mass is 16.2. The van der Waals surface area contributed by atoms with Crippen molar-refractivity contribution in [3.63, 3.8) is 0 Å². The number of nitrogens with zero attached hydrogens (tertiary/aromatic N) is 2. The first kappa shape index (κ1) is 21.6. The summed E-state index contributed by atoms with van der Waals surface area (Å²) in [7, 11) is 0. The zero-order valence-electron chi connectivity index (χ0n) is 18.8. The second-order valence-electron chi connectivity index (χ2n) is 9.94. The highest BCUT2D eigenvalue weighted by molar-refractivity contribution is 6.05. The van der Waals surface area contributed by atoms with Gasteiger partial charge in [-0.3, -0.25) is 24.6 Å². The molecule has 0 aromatic heterocycles. The van der Waals surface area contributed by atoms with Gasteiger partial charge in [0.1, 0.15) is 6.04 Å². The average Bonchev–Trinajstić information content (AvgIpc) is 3.42. The molecule has 4 heterocycles. The van der Waals surface area contributed by atoms with Gasteiger partial charge < -0.3 is 10.2 Å². The molecule has 4 aliphatic heterocycles. The van der Waals surface area contributed by atoms with Gasteiger partial charge in [-0.1, -0.05) is 18.2 Å². The molecule has 3 amide bonds. The number of amides is 3. The van der Waals surface area contributed by atoms with Crippen molar-refractivity contribution in [1.29, 1.82) is 0 Å². The fourth-order valence-corrected chi connectivity index (χ4v) is 5.94. The van der Waals surface area contributed by atoms with Gasteiger partial charge in [0.05, 0.1) is 0 Å². The lowest BCUT2D eigenvalue weighted by molar-refractivity contribution is -0.136. The maximum Gasteiger partial charge on any atom is 0.255 e. The number of rotatable bonds is 6. The molecule has 2 N–H and O–H groups in total. The fraction of sp³-hybridized carbons (Fsp3) is 0.640. The van der Waals surface area contributed by atoms with Crippen molar-refractivity contribution in [2.75, 3.05) is 19.6 Å². The Bertz CT molecular complexity index is 887. The van der Waals surface area contributed by atoms with E-state index < -0.39 is 6.04 Å². The Morgan fingerprint density at radius 3 is 2.59 bits per heavy atom. The SMILES string of the molecule is O=C1CCC(N2Cc3cccc(CN4CCC(CC[C@@H]5CCCN5)CC4)c3C2=O)C(=O)N1. The molecule has 0 bridgehead atoms. The van der Waals surface area contributed by atoms with Crippen LogP contribution < -0.4 is 10.6 Å². The van der Waals surface area contributed by atoms with E-state index in [0.717, 1.165) is 48.3 Å². The van der Waals surface area contributed by atoms with E-state index in [1.165, 1.54) is 45.1 Å².